The van der Waals surface area contributed by atoms with Crippen molar-refractivity contribution in [3.05, 3.63) is 106 Å². The molecule has 8 heteroatoms. The van der Waals surface area contributed by atoms with E-state index in [2.05, 4.69) is 9.97 Å². The lowest BCUT2D eigenvalue weighted by molar-refractivity contribution is 0.540. The number of rotatable bonds is 5. The molecule has 0 spiro atoms. The average molecular weight is 461 g/mol. The zero-order valence-electron chi connectivity index (χ0n) is 17.5. The maximum absolute atomic E-state index is 14.7. The van der Waals surface area contributed by atoms with Crippen LogP contribution in [0, 0.1) is 18.6 Å². The highest BCUT2D eigenvalue weighted by Crippen LogP contribution is 2.29. The minimum absolute atomic E-state index is 0.0657. The Morgan fingerprint density at radius 1 is 0.970 bits per heavy atom. The molecule has 0 saturated carbocycles. The van der Waals surface area contributed by atoms with Crippen LogP contribution in [0.25, 0.3) is 28.0 Å². The molecule has 3 aromatic carbocycles. The number of fused-ring (bicyclic) bond motifs is 1. The summed E-state index contributed by atoms with van der Waals surface area (Å²) in [7, 11) is 0. The molecule has 2 aromatic heterocycles. The Labute approximate surface area is 191 Å². The van der Waals surface area contributed by atoms with Crippen LogP contribution in [0.1, 0.15) is 11.5 Å². The number of aryl methyl sites for hydroxylation is 1. The van der Waals surface area contributed by atoms with Crippen molar-refractivity contribution in [3.8, 4) is 17.1 Å². The van der Waals surface area contributed by atoms with Gasteiger partial charge < -0.3 is 4.42 Å². The third-order valence-electron chi connectivity index (χ3n) is 5.15. The number of aromatic nitrogens is 3. The molecule has 0 saturated heterocycles. The Morgan fingerprint density at radius 3 is 2.52 bits per heavy atom. The summed E-state index contributed by atoms with van der Waals surface area (Å²) in [5.41, 5.74) is 1.53. The third kappa shape index (κ3) is 4.05. The predicted octanol–water partition coefficient (Wildman–Crippen LogP) is 5.92. The lowest BCUT2D eigenvalue weighted by atomic mass is 10.2. The molecular weight excluding hydrogens is 444 g/mol. The van der Waals surface area contributed by atoms with E-state index in [9.17, 15) is 13.6 Å². The molecular formula is C25H17F2N3O2S. The molecule has 0 aliphatic rings. The standard InChI is InChI=1S/C25H17F2N3O2S/c1-15-21(28-23(32-15)16-7-3-2-4-8-16)14-33-25-29-20-10-6-5-9-18(20)24(31)30(25)22-12-11-17(26)13-19(22)27/h2-13H,14H2,1H3. The summed E-state index contributed by atoms with van der Waals surface area (Å²) < 4.78 is 35.1. The van der Waals surface area contributed by atoms with Gasteiger partial charge in [-0.15, -0.1) is 0 Å². The van der Waals surface area contributed by atoms with E-state index in [0.29, 0.717) is 34.0 Å². The maximum Gasteiger partial charge on any atom is 0.266 e. The number of halogens is 2. The van der Waals surface area contributed by atoms with Crippen LogP contribution in [0.3, 0.4) is 0 Å². The second-order valence-corrected chi connectivity index (χ2v) is 8.27. The summed E-state index contributed by atoms with van der Waals surface area (Å²) in [6.07, 6.45) is 0. The third-order valence-corrected chi connectivity index (χ3v) is 6.10. The number of nitrogens with zero attached hydrogens (tertiary/aromatic N) is 3. The number of para-hydroxylation sites is 1. The number of oxazole rings is 1. The molecule has 5 aromatic rings. The van der Waals surface area contributed by atoms with Crippen molar-refractivity contribution >= 4 is 22.7 Å². The van der Waals surface area contributed by atoms with Crippen LogP contribution in [0.4, 0.5) is 8.78 Å². The summed E-state index contributed by atoms with van der Waals surface area (Å²) in [4.78, 5) is 22.4. The fourth-order valence-corrected chi connectivity index (χ4v) is 4.49. The first-order chi connectivity index (χ1) is 16.0. The van der Waals surface area contributed by atoms with E-state index in [1.807, 2.05) is 37.3 Å². The van der Waals surface area contributed by atoms with E-state index < -0.39 is 17.2 Å². The SMILES string of the molecule is Cc1oc(-c2ccccc2)nc1CSc1nc2ccccc2c(=O)n1-c1ccc(F)cc1F. The van der Waals surface area contributed by atoms with Crippen molar-refractivity contribution in [1.29, 1.82) is 0 Å². The van der Waals surface area contributed by atoms with Gasteiger partial charge in [-0.3, -0.25) is 9.36 Å². The lowest BCUT2D eigenvalue weighted by Crippen LogP contribution is -2.22. The Kier molecular flexibility index (Phi) is 5.51. The van der Waals surface area contributed by atoms with Crippen molar-refractivity contribution in [2.24, 2.45) is 0 Å². The highest BCUT2D eigenvalue weighted by atomic mass is 32.2. The zero-order valence-corrected chi connectivity index (χ0v) is 18.3. The monoisotopic (exact) mass is 461 g/mol. The molecule has 0 atom stereocenters. The molecule has 0 fully saturated rings. The molecule has 0 unspecified atom stereocenters. The van der Waals surface area contributed by atoms with Gasteiger partial charge in [0.2, 0.25) is 5.89 Å². The van der Waals surface area contributed by atoms with Crippen LogP contribution < -0.4 is 5.56 Å². The zero-order chi connectivity index (χ0) is 22.9. The van der Waals surface area contributed by atoms with E-state index in [1.165, 1.54) is 22.4 Å². The number of thioether (sulfide) groups is 1. The minimum Gasteiger partial charge on any atom is -0.441 e. The van der Waals surface area contributed by atoms with Gasteiger partial charge >= 0.3 is 0 Å². The molecule has 0 amide bonds. The molecule has 164 valence electrons. The van der Waals surface area contributed by atoms with Crippen LogP contribution in [0.5, 0.6) is 0 Å². The summed E-state index contributed by atoms with van der Waals surface area (Å²) in [5, 5.41) is 0.613. The van der Waals surface area contributed by atoms with Crippen LogP contribution in [0.15, 0.2) is 87.2 Å². The van der Waals surface area contributed by atoms with E-state index >= 15 is 0 Å². The molecule has 0 aliphatic heterocycles. The van der Waals surface area contributed by atoms with Crippen LogP contribution in [0.2, 0.25) is 0 Å². The summed E-state index contributed by atoms with van der Waals surface area (Å²) in [5.74, 6) is -0.0875. The smallest absolute Gasteiger partial charge is 0.266 e. The van der Waals surface area contributed by atoms with Crippen LogP contribution >= 0.6 is 11.8 Å². The van der Waals surface area contributed by atoms with Gasteiger partial charge in [0.15, 0.2) is 5.16 Å². The summed E-state index contributed by atoms with van der Waals surface area (Å²) in [6.45, 7) is 1.82. The van der Waals surface area contributed by atoms with Crippen molar-refractivity contribution in [1.82, 2.24) is 14.5 Å². The first-order valence-electron chi connectivity index (χ1n) is 10.1. The topological polar surface area (TPSA) is 60.9 Å². The number of hydrogen-bond acceptors (Lipinski definition) is 5. The maximum atomic E-state index is 14.7. The Hall–Kier alpha value is -3.78. The number of benzene rings is 3. The van der Waals surface area contributed by atoms with Gasteiger partial charge in [-0.1, -0.05) is 42.1 Å². The highest BCUT2D eigenvalue weighted by Gasteiger charge is 2.18. The Morgan fingerprint density at radius 2 is 1.73 bits per heavy atom. The lowest BCUT2D eigenvalue weighted by Gasteiger charge is -2.13. The van der Waals surface area contributed by atoms with Gasteiger partial charge in [0.25, 0.3) is 5.56 Å². The minimum atomic E-state index is -0.847. The van der Waals surface area contributed by atoms with E-state index in [0.717, 1.165) is 17.7 Å². The largest absolute Gasteiger partial charge is 0.441 e. The molecule has 33 heavy (non-hydrogen) atoms. The Balaban J connectivity index is 1.57. The second kappa shape index (κ2) is 8.63. The van der Waals surface area contributed by atoms with Crippen molar-refractivity contribution in [2.45, 2.75) is 17.8 Å². The first kappa shape index (κ1) is 21.1. The van der Waals surface area contributed by atoms with Crippen LogP contribution in [-0.4, -0.2) is 14.5 Å². The molecule has 0 bridgehead atoms. The Bertz CT molecular complexity index is 1530. The molecule has 0 aliphatic carbocycles. The molecule has 5 nitrogen and oxygen atoms in total. The van der Waals surface area contributed by atoms with E-state index in [4.69, 9.17) is 4.42 Å². The molecule has 5 rings (SSSR count). The van der Waals surface area contributed by atoms with Gasteiger partial charge in [-0.25, -0.2) is 18.7 Å². The van der Waals surface area contributed by atoms with Gasteiger partial charge in [0, 0.05) is 17.4 Å². The molecule has 2 heterocycles. The second-order valence-electron chi connectivity index (χ2n) is 7.32. The first-order valence-corrected chi connectivity index (χ1v) is 11.1. The van der Waals surface area contributed by atoms with Crippen molar-refractivity contribution in [2.75, 3.05) is 0 Å². The van der Waals surface area contributed by atoms with Crippen LogP contribution in [-0.2, 0) is 5.75 Å². The predicted molar refractivity (Wildman–Crippen MR) is 123 cm³/mol. The van der Waals surface area contributed by atoms with Gasteiger partial charge in [0.1, 0.15) is 17.4 Å². The molecule has 0 radical (unpaired) electrons. The van der Waals surface area contributed by atoms with Crippen molar-refractivity contribution in [3.63, 3.8) is 0 Å². The fourth-order valence-electron chi connectivity index (χ4n) is 3.48. The fraction of sp³-hybridized carbons (Fsp3) is 0.0800. The highest BCUT2D eigenvalue weighted by molar-refractivity contribution is 7.98. The van der Waals surface area contributed by atoms with Gasteiger partial charge in [0.05, 0.1) is 22.3 Å². The van der Waals surface area contributed by atoms with E-state index in [1.54, 1.807) is 24.3 Å². The number of hydrogen-bond donors (Lipinski definition) is 0. The molecule has 0 N–H and O–H groups in total. The normalized spacial score (nSPS) is 11.2. The van der Waals surface area contributed by atoms with E-state index in [-0.39, 0.29) is 10.8 Å². The van der Waals surface area contributed by atoms with Crippen molar-refractivity contribution < 1.29 is 13.2 Å². The van der Waals surface area contributed by atoms with Gasteiger partial charge in [-0.2, -0.15) is 0 Å². The quantitative estimate of drug-likeness (QED) is 0.240. The average Bonchev–Trinajstić information content (AvgIpc) is 3.20. The summed E-state index contributed by atoms with van der Waals surface area (Å²) in [6, 6.07) is 19.5. The van der Waals surface area contributed by atoms with Gasteiger partial charge in [-0.05, 0) is 43.3 Å². The summed E-state index contributed by atoms with van der Waals surface area (Å²) >= 11 is 1.23.